The van der Waals surface area contributed by atoms with Crippen molar-refractivity contribution in [3.63, 3.8) is 0 Å². The maximum Gasteiger partial charge on any atom is 0.229 e. The molecule has 2 fully saturated rings. The van der Waals surface area contributed by atoms with Gasteiger partial charge in [0.2, 0.25) is 5.91 Å². The zero-order valence-corrected chi connectivity index (χ0v) is 15.2. The van der Waals surface area contributed by atoms with Crippen molar-refractivity contribution in [1.29, 1.82) is 0 Å². The molecule has 0 bridgehead atoms. The van der Waals surface area contributed by atoms with Crippen molar-refractivity contribution in [2.24, 2.45) is 17.8 Å². The highest BCUT2D eigenvalue weighted by molar-refractivity contribution is 5.93. The lowest BCUT2D eigenvalue weighted by molar-refractivity contribution is -0.121. The monoisotopic (exact) mass is 349 g/mol. The second kappa shape index (κ2) is 8.00. The molecular formula is C22H27N3O. The average Bonchev–Trinajstić information content (AvgIpc) is 3.20. The number of anilines is 1. The zero-order chi connectivity index (χ0) is 17.8. The van der Waals surface area contributed by atoms with Gasteiger partial charge in [0.05, 0.1) is 5.92 Å². The topological polar surface area (TPSA) is 54.0 Å². The van der Waals surface area contributed by atoms with Gasteiger partial charge in [0.25, 0.3) is 0 Å². The molecule has 0 spiro atoms. The number of nitrogens with zero attached hydrogens (tertiary/aromatic N) is 1. The molecule has 1 saturated heterocycles. The van der Waals surface area contributed by atoms with Crippen molar-refractivity contribution in [1.82, 2.24) is 10.3 Å². The van der Waals surface area contributed by atoms with Gasteiger partial charge < -0.3 is 10.6 Å². The fourth-order valence-corrected chi connectivity index (χ4v) is 4.59. The lowest BCUT2D eigenvalue weighted by Gasteiger charge is -2.30. The molecule has 26 heavy (non-hydrogen) atoms. The number of carbonyl (C=O) groups is 1. The molecule has 136 valence electrons. The van der Waals surface area contributed by atoms with E-state index in [0.717, 1.165) is 29.9 Å². The first kappa shape index (κ1) is 17.2. The Kier molecular flexibility index (Phi) is 5.30. The van der Waals surface area contributed by atoms with Gasteiger partial charge in [0, 0.05) is 30.2 Å². The average molecular weight is 349 g/mol. The number of hydrogen-bond acceptors (Lipinski definition) is 3. The lowest BCUT2D eigenvalue weighted by atomic mass is 9.75. The fourth-order valence-electron chi connectivity index (χ4n) is 4.59. The molecule has 1 aromatic heterocycles. The van der Waals surface area contributed by atoms with Crippen molar-refractivity contribution in [2.75, 3.05) is 18.4 Å². The summed E-state index contributed by atoms with van der Waals surface area (Å²) in [5, 5.41) is 6.62. The third kappa shape index (κ3) is 3.80. The first-order chi connectivity index (χ1) is 12.8. The van der Waals surface area contributed by atoms with Gasteiger partial charge in [-0.1, -0.05) is 50.3 Å². The summed E-state index contributed by atoms with van der Waals surface area (Å²) in [7, 11) is 0. The Bertz CT molecular complexity index is 740. The molecule has 4 nitrogen and oxygen atoms in total. The number of nitrogens with one attached hydrogen (secondary N) is 2. The maximum absolute atomic E-state index is 13.0. The summed E-state index contributed by atoms with van der Waals surface area (Å²) in [5.41, 5.74) is 3.00. The molecule has 4 heteroatoms. The molecule has 2 N–H and O–H groups in total. The number of aromatic nitrogens is 1. The Labute approximate surface area is 155 Å². The standard InChI is InChI=1S/C22H27N3O/c26-22(21-15-24-14-20(21)16-6-2-1-3-7-16)25-19-10-4-8-17(12-19)18-9-5-11-23-13-18/h4-5,8-13,16,20-21,24H,1-3,6-7,14-15H2,(H,25,26)/t20?,21-/m0/s1. The van der Waals surface area contributed by atoms with Crippen molar-refractivity contribution >= 4 is 11.6 Å². The van der Waals surface area contributed by atoms with E-state index in [1.165, 1.54) is 32.1 Å². The van der Waals surface area contributed by atoms with Crippen LogP contribution in [-0.2, 0) is 4.79 Å². The van der Waals surface area contributed by atoms with Crippen LogP contribution in [0, 0.1) is 17.8 Å². The molecule has 2 atom stereocenters. The van der Waals surface area contributed by atoms with Crippen LogP contribution in [0.4, 0.5) is 5.69 Å². The van der Waals surface area contributed by atoms with E-state index < -0.39 is 0 Å². The molecule has 1 saturated carbocycles. The largest absolute Gasteiger partial charge is 0.326 e. The highest BCUT2D eigenvalue weighted by Gasteiger charge is 2.38. The Balaban J connectivity index is 1.46. The van der Waals surface area contributed by atoms with Crippen LogP contribution in [0.25, 0.3) is 11.1 Å². The highest BCUT2D eigenvalue weighted by atomic mass is 16.1. The molecule has 0 radical (unpaired) electrons. The van der Waals surface area contributed by atoms with Gasteiger partial charge in [-0.2, -0.15) is 0 Å². The highest BCUT2D eigenvalue weighted by Crippen LogP contribution is 2.36. The summed E-state index contributed by atoms with van der Waals surface area (Å²) >= 11 is 0. The van der Waals surface area contributed by atoms with E-state index >= 15 is 0 Å². The number of amides is 1. The molecule has 1 aliphatic heterocycles. The molecule has 1 unspecified atom stereocenters. The number of rotatable bonds is 4. The minimum absolute atomic E-state index is 0.0835. The Morgan fingerprint density at radius 2 is 1.88 bits per heavy atom. The number of carbonyl (C=O) groups excluding carboxylic acids is 1. The molecule has 2 aliphatic rings. The van der Waals surface area contributed by atoms with Crippen LogP contribution >= 0.6 is 0 Å². The summed E-state index contributed by atoms with van der Waals surface area (Å²) < 4.78 is 0. The van der Waals surface area contributed by atoms with Crippen LogP contribution in [0.2, 0.25) is 0 Å². The van der Waals surface area contributed by atoms with E-state index in [0.29, 0.717) is 11.8 Å². The van der Waals surface area contributed by atoms with Crippen LogP contribution in [0.1, 0.15) is 32.1 Å². The Hall–Kier alpha value is -2.20. The van der Waals surface area contributed by atoms with Gasteiger partial charge >= 0.3 is 0 Å². The van der Waals surface area contributed by atoms with Gasteiger partial charge in [-0.15, -0.1) is 0 Å². The molecule has 1 aliphatic carbocycles. The van der Waals surface area contributed by atoms with Gasteiger partial charge in [0.1, 0.15) is 0 Å². The summed E-state index contributed by atoms with van der Waals surface area (Å²) in [6.45, 7) is 1.79. The van der Waals surface area contributed by atoms with Crippen LogP contribution in [0.15, 0.2) is 48.8 Å². The summed E-state index contributed by atoms with van der Waals surface area (Å²) in [6, 6.07) is 12.0. The van der Waals surface area contributed by atoms with Crippen LogP contribution in [-0.4, -0.2) is 24.0 Å². The SMILES string of the molecule is O=C(Nc1cccc(-c2cccnc2)c1)[C@H]1CNCC1C1CCCCC1. The normalized spacial score (nSPS) is 23.7. The minimum atomic E-state index is 0.0835. The lowest BCUT2D eigenvalue weighted by Crippen LogP contribution is -2.33. The van der Waals surface area contributed by atoms with E-state index in [1.807, 2.05) is 36.5 Å². The van der Waals surface area contributed by atoms with Crippen LogP contribution < -0.4 is 10.6 Å². The van der Waals surface area contributed by atoms with E-state index in [-0.39, 0.29) is 11.8 Å². The molecule has 1 aromatic carbocycles. The molecule has 2 aromatic rings. The van der Waals surface area contributed by atoms with Crippen LogP contribution in [0.3, 0.4) is 0 Å². The van der Waals surface area contributed by atoms with E-state index in [9.17, 15) is 4.79 Å². The predicted octanol–water partition coefficient (Wildman–Crippen LogP) is 4.10. The first-order valence-electron chi connectivity index (χ1n) is 9.83. The number of pyridine rings is 1. The Morgan fingerprint density at radius 3 is 2.69 bits per heavy atom. The molecule has 2 heterocycles. The molecular weight excluding hydrogens is 322 g/mol. The van der Waals surface area contributed by atoms with Gasteiger partial charge in [-0.05, 0) is 42.1 Å². The number of hydrogen-bond donors (Lipinski definition) is 2. The zero-order valence-electron chi connectivity index (χ0n) is 15.2. The van der Waals surface area contributed by atoms with Gasteiger partial charge in [-0.3, -0.25) is 9.78 Å². The smallest absolute Gasteiger partial charge is 0.229 e. The quantitative estimate of drug-likeness (QED) is 0.874. The van der Waals surface area contributed by atoms with Crippen LogP contribution in [0.5, 0.6) is 0 Å². The van der Waals surface area contributed by atoms with Crippen molar-refractivity contribution < 1.29 is 4.79 Å². The van der Waals surface area contributed by atoms with E-state index in [2.05, 4.69) is 21.7 Å². The maximum atomic E-state index is 13.0. The summed E-state index contributed by atoms with van der Waals surface area (Å²) in [6.07, 6.45) is 10.2. The minimum Gasteiger partial charge on any atom is -0.326 e. The van der Waals surface area contributed by atoms with E-state index in [1.54, 1.807) is 6.20 Å². The van der Waals surface area contributed by atoms with Crippen molar-refractivity contribution in [3.05, 3.63) is 48.8 Å². The van der Waals surface area contributed by atoms with Crippen molar-refractivity contribution in [2.45, 2.75) is 32.1 Å². The Morgan fingerprint density at radius 1 is 1.04 bits per heavy atom. The summed E-state index contributed by atoms with van der Waals surface area (Å²) in [4.78, 5) is 17.1. The second-order valence-electron chi connectivity index (χ2n) is 7.64. The van der Waals surface area contributed by atoms with Gasteiger partial charge in [-0.25, -0.2) is 0 Å². The second-order valence-corrected chi connectivity index (χ2v) is 7.64. The molecule has 1 amide bonds. The summed E-state index contributed by atoms with van der Waals surface area (Å²) in [5.74, 6) is 1.43. The third-order valence-electron chi connectivity index (χ3n) is 5.98. The van der Waals surface area contributed by atoms with Crippen molar-refractivity contribution in [3.8, 4) is 11.1 Å². The number of benzene rings is 1. The van der Waals surface area contributed by atoms with Gasteiger partial charge in [0.15, 0.2) is 0 Å². The van der Waals surface area contributed by atoms with E-state index in [4.69, 9.17) is 0 Å². The fraction of sp³-hybridized carbons (Fsp3) is 0.455. The molecule has 4 rings (SSSR count). The third-order valence-corrected chi connectivity index (χ3v) is 5.98. The first-order valence-corrected chi connectivity index (χ1v) is 9.83. The predicted molar refractivity (Wildman–Crippen MR) is 105 cm³/mol.